The third kappa shape index (κ3) is 3.55. The van der Waals surface area contributed by atoms with Crippen LogP contribution in [0.1, 0.15) is 12.1 Å². The summed E-state index contributed by atoms with van der Waals surface area (Å²) in [5, 5.41) is 13.9. The maximum absolute atomic E-state index is 6.09. The van der Waals surface area contributed by atoms with E-state index in [0.717, 1.165) is 35.2 Å². The van der Waals surface area contributed by atoms with E-state index in [1.807, 2.05) is 25.1 Å². The van der Waals surface area contributed by atoms with Gasteiger partial charge in [-0.05, 0) is 13.3 Å². The highest BCUT2D eigenvalue weighted by atomic mass is 35.5. The smallest absolute Gasteiger partial charge is 0.156 e. The lowest BCUT2D eigenvalue weighted by atomic mass is 10.1. The number of halogens is 1. The molecular weight excluding hydrogens is 262 g/mol. The monoisotopic (exact) mass is 279 g/mol. The zero-order chi connectivity index (χ0) is 13.7. The second-order valence-electron chi connectivity index (χ2n) is 4.45. The number of ether oxygens (including phenoxy) is 1. The molecule has 0 bridgehead atoms. The van der Waals surface area contributed by atoms with Gasteiger partial charge < -0.3 is 10.1 Å². The molecule has 0 fully saturated rings. The molecule has 102 valence electrons. The molecule has 0 saturated heterocycles. The van der Waals surface area contributed by atoms with Crippen molar-refractivity contribution in [2.45, 2.75) is 18.7 Å². The van der Waals surface area contributed by atoms with Crippen LogP contribution in [-0.2, 0) is 4.74 Å². The van der Waals surface area contributed by atoms with Crippen molar-refractivity contribution in [1.29, 1.82) is 0 Å². The van der Waals surface area contributed by atoms with Gasteiger partial charge in [0.2, 0.25) is 0 Å². The number of benzene rings is 1. The Balaban J connectivity index is 2.07. The van der Waals surface area contributed by atoms with Crippen LogP contribution in [0.3, 0.4) is 0 Å². The zero-order valence-corrected chi connectivity index (χ0v) is 11.9. The Morgan fingerprint density at radius 1 is 1.26 bits per heavy atom. The van der Waals surface area contributed by atoms with Gasteiger partial charge in [0.1, 0.15) is 0 Å². The molecule has 2 aromatic rings. The number of alkyl halides is 1. The molecule has 0 saturated carbocycles. The van der Waals surface area contributed by atoms with Crippen molar-refractivity contribution >= 4 is 28.2 Å². The van der Waals surface area contributed by atoms with Gasteiger partial charge in [0.15, 0.2) is 5.82 Å². The number of nitrogens with one attached hydrogen (secondary N) is 1. The van der Waals surface area contributed by atoms with Crippen molar-refractivity contribution in [1.82, 2.24) is 10.2 Å². The summed E-state index contributed by atoms with van der Waals surface area (Å²) >= 11 is 6.09. The summed E-state index contributed by atoms with van der Waals surface area (Å²) in [7, 11) is 1.65. The fraction of sp³-hybridized carbons (Fsp3) is 0.429. The molecular formula is C14H18ClN3O. The van der Waals surface area contributed by atoms with E-state index >= 15 is 0 Å². The number of hydrogen-bond acceptors (Lipinski definition) is 4. The van der Waals surface area contributed by atoms with E-state index in [0.29, 0.717) is 6.61 Å². The molecule has 1 aromatic carbocycles. The number of fused-ring (bicyclic) bond motifs is 1. The average Bonchev–Trinajstić information content (AvgIpc) is 2.42. The van der Waals surface area contributed by atoms with Crippen LogP contribution < -0.4 is 5.32 Å². The fourth-order valence-corrected chi connectivity index (χ4v) is 2.21. The van der Waals surface area contributed by atoms with E-state index in [2.05, 4.69) is 21.6 Å². The summed E-state index contributed by atoms with van der Waals surface area (Å²) in [6.07, 6.45) is 0.819. The molecule has 1 N–H and O–H groups in total. The van der Waals surface area contributed by atoms with Crippen molar-refractivity contribution in [3.8, 4) is 0 Å². The molecule has 0 aliphatic carbocycles. The Kier molecular flexibility index (Phi) is 4.93. The van der Waals surface area contributed by atoms with E-state index in [1.165, 1.54) is 0 Å². The maximum atomic E-state index is 6.09. The lowest BCUT2D eigenvalue weighted by molar-refractivity contribution is 0.196. The van der Waals surface area contributed by atoms with Gasteiger partial charge in [-0.15, -0.1) is 16.7 Å². The van der Waals surface area contributed by atoms with Gasteiger partial charge in [0.05, 0.1) is 17.7 Å². The van der Waals surface area contributed by atoms with Crippen molar-refractivity contribution in [2.75, 3.05) is 25.6 Å². The first-order valence-electron chi connectivity index (χ1n) is 6.31. The third-order valence-corrected chi connectivity index (χ3v) is 3.31. The molecule has 1 heterocycles. The first-order valence-corrected chi connectivity index (χ1v) is 6.75. The molecule has 0 amide bonds. The van der Waals surface area contributed by atoms with Crippen LogP contribution in [0.2, 0.25) is 0 Å². The Bertz CT molecular complexity index is 547. The lowest BCUT2D eigenvalue weighted by Gasteiger charge is -2.11. The van der Waals surface area contributed by atoms with Gasteiger partial charge in [-0.2, -0.15) is 5.10 Å². The van der Waals surface area contributed by atoms with Gasteiger partial charge >= 0.3 is 0 Å². The van der Waals surface area contributed by atoms with Gasteiger partial charge in [0.25, 0.3) is 0 Å². The molecule has 1 aromatic heterocycles. The van der Waals surface area contributed by atoms with E-state index in [4.69, 9.17) is 16.3 Å². The summed E-state index contributed by atoms with van der Waals surface area (Å²) in [6, 6.07) is 8.12. The highest BCUT2D eigenvalue weighted by molar-refractivity contribution is 6.20. The van der Waals surface area contributed by atoms with Crippen LogP contribution in [-0.4, -0.2) is 35.8 Å². The molecule has 0 radical (unpaired) electrons. The number of methoxy groups -OCH3 is 1. The summed E-state index contributed by atoms with van der Waals surface area (Å²) in [6.45, 7) is 3.27. The lowest BCUT2D eigenvalue weighted by Crippen LogP contribution is -2.14. The van der Waals surface area contributed by atoms with Crippen LogP contribution in [0.25, 0.3) is 10.8 Å². The van der Waals surface area contributed by atoms with Gasteiger partial charge in [-0.3, -0.25) is 0 Å². The van der Waals surface area contributed by atoms with Crippen molar-refractivity contribution in [3.63, 3.8) is 0 Å². The normalized spacial score (nSPS) is 12.6. The minimum atomic E-state index is 0.0159. The number of rotatable bonds is 6. The molecule has 0 aliphatic heterocycles. The standard InChI is InChI=1S/C14H18ClN3O/c1-10-12-5-3-4-6-13(12)14(18-17-10)16-8-7-11(15)9-19-2/h3-6,11H,7-9H2,1-2H3,(H,16,18). The molecule has 0 spiro atoms. The zero-order valence-electron chi connectivity index (χ0n) is 11.2. The van der Waals surface area contributed by atoms with Crippen LogP contribution in [0.5, 0.6) is 0 Å². The molecule has 0 aliphatic rings. The number of nitrogens with zero attached hydrogens (tertiary/aromatic N) is 2. The fourth-order valence-electron chi connectivity index (χ4n) is 1.98. The Labute approximate surface area is 118 Å². The summed E-state index contributed by atoms with van der Waals surface area (Å²) in [4.78, 5) is 0. The van der Waals surface area contributed by atoms with Crippen LogP contribution >= 0.6 is 11.6 Å². The number of aryl methyl sites for hydroxylation is 1. The minimum Gasteiger partial charge on any atom is -0.383 e. The van der Waals surface area contributed by atoms with Crippen LogP contribution in [0.15, 0.2) is 24.3 Å². The van der Waals surface area contributed by atoms with E-state index < -0.39 is 0 Å². The Morgan fingerprint density at radius 3 is 2.74 bits per heavy atom. The third-order valence-electron chi connectivity index (χ3n) is 2.97. The Hall–Kier alpha value is -1.39. The van der Waals surface area contributed by atoms with Crippen molar-refractivity contribution in [2.24, 2.45) is 0 Å². The molecule has 4 nitrogen and oxygen atoms in total. The summed E-state index contributed by atoms with van der Waals surface area (Å²) in [5.41, 5.74) is 0.941. The highest BCUT2D eigenvalue weighted by Gasteiger charge is 2.07. The number of aromatic nitrogens is 2. The molecule has 5 heteroatoms. The predicted molar refractivity (Wildman–Crippen MR) is 78.9 cm³/mol. The van der Waals surface area contributed by atoms with E-state index in [1.54, 1.807) is 7.11 Å². The topological polar surface area (TPSA) is 47.0 Å². The largest absolute Gasteiger partial charge is 0.383 e. The molecule has 2 rings (SSSR count). The SMILES string of the molecule is COCC(Cl)CCNc1nnc(C)c2ccccc12. The van der Waals surface area contributed by atoms with E-state index in [-0.39, 0.29) is 5.38 Å². The average molecular weight is 280 g/mol. The number of hydrogen-bond donors (Lipinski definition) is 1. The quantitative estimate of drug-likeness (QED) is 0.826. The van der Waals surface area contributed by atoms with Crippen molar-refractivity contribution < 1.29 is 4.74 Å². The maximum Gasteiger partial charge on any atom is 0.156 e. The van der Waals surface area contributed by atoms with Gasteiger partial charge in [-0.1, -0.05) is 24.3 Å². The number of anilines is 1. The summed E-state index contributed by atoms with van der Waals surface area (Å²) in [5.74, 6) is 0.808. The van der Waals surface area contributed by atoms with Gasteiger partial charge in [-0.25, -0.2) is 0 Å². The molecule has 1 atom stereocenters. The second-order valence-corrected chi connectivity index (χ2v) is 5.06. The summed E-state index contributed by atoms with van der Waals surface area (Å²) < 4.78 is 5.00. The second kappa shape index (κ2) is 6.68. The first-order chi connectivity index (χ1) is 9.22. The predicted octanol–water partition coefficient (Wildman–Crippen LogP) is 2.99. The molecule has 1 unspecified atom stereocenters. The molecule has 19 heavy (non-hydrogen) atoms. The van der Waals surface area contributed by atoms with Gasteiger partial charge in [0, 0.05) is 24.4 Å². The first kappa shape index (κ1) is 14.0. The Morgan fingerprint density at radius 2 is 2.00 bits per heavy atom. The highest BCUT2D eigenvalue weighted by Crippen LogP contribution is 2.22. The van der Waals surface area contributed by atoms with E-state index in [9.17, 15) is 0 Å². The van der Waals surface area contributed by atoms with Crippen LogP contribution in [0.4, 0.5) is 5.82 Å². The minimum absolute atomic E-state index is 0.0159. The van der Waals surface area contributed by atoms with Crippen LogP contribution in [0, 0.1) is 6.92 Å². The van der Waals surface area contributed by atoms with Crippen molar-refractivity contribution in [3.05, 3.63) is 30.0 Å².